The summed E-state index contributed by atoms with van der Waals surface area (Å²) >= 11 is 0. The van der Waals surface area contributed by atoms with E-state index in [-0.39, 0.29) is 5.92 Å². The predicted octanol–water partition coefficient (Wildman–Crippen LogP) is 4.34. The number of aliphatic hydroxyl groups is 2. The molecule has 1 saturated carbocycles. The summed E-state index contributed by atoms with van der Waals surface area (Å²) in [4.78, 5) is 0. The van der Waals surface area contributed by atoms with E-state index < -0.39 is 11.2 Å². The molecule has 0 heterocycles. The maximum absolute atomic E-state index is 11.7. The molecule has 0 saturated heterocycles. The van der Waals surface area contributed by atoms with Crippen LogP contribution in [0.5, 0.6) is 0 Å². The second-order valence-electron chi connectivity index (χ2n) is 6.97. The molecule has 2 unspecified atom stereocenters. The lowest BCUT2D eigenvalue weighted by Gasteiger charge is -2.39. The summed E-state index contributed by atoms with van der Waals surface area (Å²) in [6.45, 7) is 0. The summed E-state index contributed by atoms with van der Waals surface area (Å²) in [5, 5.41) is 23.4. The molecule has 1 fully saturated rings. The largest absolute Gasteiger partial charge is 0.382 e. The van der Waals surface area contributed by atoms with Crippen LogP contribution < -0.4 is 0 Å². The number of hydrogen-bond acceptors (Lipinski definition) is 2. The van der Waals surface area contributed by atoms with Crippen LogP contribution in [0.4, 0.5) is 0 Å². The molecule has 2 nitrogen and oxygen atoms in total. The summed E-state index contributed by atoms with van der Waals surface area (Å²) < 4.78 is 0. The van der Waals surface area contributed by atoms with Crippen LogP contribution in [0.1, 0.15) is 35.4 Å². The fourth-order valence-electron chi connectivity index (χ4n) is 4.22. The maximum atomic E-state index is 11.7. The second kappa shape index (κ2) is 6.14. The summed E-state index contributed by atoms with van der Waals surface area (Å²) in [7, 11) is 0. The van der Waals surface area contributed by atoms with Crippen molar-refractivity contribution >= 4 is 0 Å². The van der Waals surface area contributed by atoms with Crippen LogP contribution in [0.2, 0.25) is 0 Å². The molecule has 3 aromatic carbocycles. The van der Waals surface area contributed by atoms with Gasteiger partial charge in [-0.15, -0.1) is 0 Å². The first-order chi connectivity index (χ1) is 12.1. The minimum absolute atomic E-state index is 0.0941. The quantitative estimate of drug-likeness (QED) is 0.750. The van der Waals surface area contributed by atoms with E-state index in [2.05, 4.69) is 12.1 Å². The highest BCUT2D eigenvalue weighted by atomic mass is 16.4. The van der Waals surface area contributed by atoms with E-state index in [9.17, 15) is 10.2 Å². The molecule has 0 amide bonds. The van der Waals surface area contributed by atoms with Gasteiger partial charge in [0.05, 0.1) is 0 Å². The fraction of sp³-hybridized carbons (Fsp3) is 0.217. The van der Waals surface area contributed by atoms with Gasteiger partial charge in [-0.25, -0.2) is 0 Å². The zero-order valence-electron chi connectivity index (χ0n) is 14.0. The van der Waals surface area contributed by atoms with Crippen molar-refractivity contribution in [3.63, 3.8) is 0 Å². The van der Waals surface area contributed by atoms with Crippen molar-refractivity contribution < 1.29 is 10.2 Å². The van der Waals surface area contributed by atoms with Crippen molar-refractivity contribution in [3.05, 3.63) is 108 Å². The standard InChI is InChI=1S/C23H22O2/c24-22(20-12-6-2-7-13-20)16-19(18-10-4-1-5-11-18)17-23(22,25)21-14-8-3-9-15-21/h1-15,19,24-25H,16-17H2. The van der Waals surface area contributed by atoms with Crippen molar-refractivity contribution in [3.8, 4) is 0 Å². The molecule has 2 atom stereocenters. The maximum Gasteiger partial charge on any atom is 0.123 e. The molecule has 1 aliphatic carbocycles. The molecule has 25 heavy (non-hydrogen) atoms. The third-order valence-corrected chi connectivity index (χ3v) is 5.54. The van der Waals surface area contributed by atoms with E-state index in [0.717, 1.165) is 16.7 Å². The first-order valence-corrected chi connectivity index (χ1v) is 8.74. The van der Waals surface area contributed by atoms with E-state index in [4.69, 9.17) is 0 Å². The summed E-state index contributed by atoms with van der Waals surface area (Å²) in [6, 6.07) is 29.3. The van der Waals surface area contributed by atoms with Gasteiger partial charge in [0.2, 0.25) is 0 Å². The summed E-state index contributed by atoms with van der Waals surface area (Å²) in [5.41, 5.74) is 0.0370. The van der Waals surface area contributed by atoms with Crippen LogP contribution in [0.25, 0.3) is 0 Å². The average molecular weight is 330 g/mol. The van der Waals surface area contributed by atoms with Crippen LogP contribution in [0.3, 0.4) is 0 Å². The van der Waals surface area contributed by atoms with Crippen molar-refractivity contribution in [2.24, 2.45) is 0 Å². The van der Waals surface area contributed by atoms with Crippen LogP contribution in [-0.2, 0) is 11.2 Å². The zero-order chi connectivity index (χ0) is 17.3. The smallest absolute Gasteiger partial charge is 0.123 e. The van der Waals surface area contributed by atoms with Gasteiger partial charge in [0.1, 0.15) is 11.2 Å². The summed E-state index contributed by atoms with van der Waals surface area (Å²) in [6.07, 6.45) is 0.985. The molecule has 0 aromatic heterocycles. The Morgan fingerprint density at radius 2 is 0.920 bits per heavy atom. The first kappa shape index (κ1) is 16.1. The molecule has 2 heteroatoms. The first-order valence-electron chi connectivity index (χ1n) is 8.74. The van der Waals surface area contributed by atoms with Gasteiger partial charge in [0, 0.05) is 0 Å². The third kappa shape index (κ3) is 2.58. The van der Waals surface area contributed by atoms with Crippen LogP contribution in [-0.4, -0.2) is 10.2 Å². The molecule has 0 spiro atoms. The van der Waals surface area contributed by atoms with Crippen molar-refractivity contribution in [1.82, 2.24) is 0 Å². The lowest BCUT2D eigenvalue weighted by molar-refractivity contribution is -0.143. The van der Waals surface area contributed by atoms with Crippen LogP contribution in [0.15, 0.2) is 91.0 Å². The normalized spacial score (nSPS) is 28.8. The molecule has 126 valence electrons. The number of benzene rings is 3. The van der Waals surface area contributed by atoms with Gasteiger partial charge in [-0.1, -0.05) is 91.0 Å². The zero-order valence-corrected chi connectivity index (χ0v) is 14.0. The lowest BCUT2D eigenvalue weighted by Crippen LogP contribution is -2.45. The van der Waals surface area contributed by atoms with Gasteiger partial charge in [0.15, 0.2) is 0 Å². The van der Waals surface area contributed by atoms with Gasteiger partial charge in [-0.05, 0) is 35.4 Å². The van der Waals surface area contributed by atoms with Crippen LogP contribution in [0, 0.1) is 0 Å². The highest BCUT2D eigenvalue weighted by Gasteiger charge is 2.58. The molecule has 4 rings (SSSR count). The van der Waals surface area contributed by atoms with E-state index >= 15 is 0 Å². The molecular formula is C23H22O2. The minimum atomic E-state index is -1.32. The van der Waals surface area contributed by atoms with E-state index in [1.807, 2.05) is 78.9 Å². The van der Waals surface area contributed by atoms with E-state index in [1.165, 1.54) is 0 Å². The Balaban J connectivity index is 1.84. The Kier molecular flexibility index (Phi) is 3.95. The Morgan fingerprint density at radius 1 is 0.560 bits per heavy atom. The van der Waals surface area contributed by atoms with Gasteiger partial charge in [-0.2, -0.15) is 0 Å². The Morgan fingerprint density at radius 3 is 1.32 bits per heavy atom. The number of rotatable bonds is 3. The number of hydrogen-bond donors (Lipinski definition) is 2. The van der Waals surface area contributed by atoms with E-state index in [0.29, 0.717) is 12.8 Å². The van der Waals surface area contributed by atoms with Crippen molar-refractivity contribution in [2.75, 3.05) is 0 Å². The average Bonchev–Trinajstić information content (AvgIpc) is 2.97. The Bertz CT molecular complexity index is 778. The van der Waals surface area contributed by atoms with Gasteiger partial charge in [-0.3, -0.25) is 0 Å². The SMILES string of the molecule is OC1(c2ccccc2)CC(c2ccccc2)CC1(O)c1ccccc1. The molecule has 2 N–H and O–H groups in total. The molecule has 1 aliphatic rings. The van der Waals surface area contributed by atoms with Crippen molar-refractivity contribution in [2.45, 2.75) is 30.0 Å². The molecular weight excluding hydrogens is 308 g/mol. The molecule has 0 radical (unpaired) electrons. The Labute approximate surface area is 148 Å². The highest BCUT2D eigenvalue weighted by Crippen LogP contribution is 2.57. The van der Waals surface area contributed by atoms with Crippen LogP contribution >= 0.6 is 0 Å². The van der Waals surface area contributed by atoms with E-state index in [1.54, 1.807) is 0 Å². The van der Waals surface area contributed by atoms with Gasteiger partial charge < -0.3 is 10.2 Å². The Hall–Kier alpha value is -2.42. The van der Waals surface area contributed by atoms with Crippen molar-refractivity contribution in [1.29, 1.82) is 0 Å². The second-order valence-corrected chi connectivity index (χ2v) is 6.97. The minimum Gasteiger partial charge on any atom is -0.382 e. The van der Waals surface area contributed by atoms with Gasteiger partial charge in [0.25, 0.3) is 0 Å². The third-order valence-electron chi connectivity index (χ3n) is 5.54. The fourth-order valence-corrected chi connectivity index (χ4v) is 4.22. The molecule has 0 aliphatic heterocycles. The summed E-state index contributed by atoms with van der Waals surface area (Å²) in [5.74, 6) is 0.0941. The molecule has 3 aromatic rings. The highest BCUT2D eigenvalue weighted by molar-refractivity contribution is 5.39. The topological polar surface area (TPSA) is 40.5 Å². The monoisotopic (exact) mass is 330 g/mol. The lowest BCUT2D eigenvalue weighted by atomic mass is 9.76. The predicted molar refractivity (Wildman–Crippen MR) is 99.1 cm³/mol. The molecule has 0 bridgehead atoms. The van der Waals surface area contributed by atoms with Gasteiger partial charge >= 0.3 is 0 Å².